The van der Waals surface area contributed by atoms with Gasteiger partial charge in [-0.3, -0.25) is 0 Å². The first-order valence-corrected chi connectivity index (χ1v) is 4.93. The Kier molecular flexibility index (Phi) is 2.19. The highest BCUT2D eigenvalue weighted by Crippen LogP contribution is 2.17. The fraction of sp³-hybridized carbons (Fsp3) is 0.500. The molecule has 15 heavy (non-hydrogen) atoms. The normalized spacial score (nSPS) is 12.3. The molecule has 2 aromatic heterocycles. The summed E-state index contributed by atoms with van der Waals surface area (Å²) in [5, 5.41) is 15.8. The average molecular weight is 205 g/mol. The molecule has 0 amide bonds. The molecule has 0 aromatic carbocycles. The summed E-state index contributed by atoms with van der Waals surface area (Å²) in [5.74, 6) is 0.823. The van der Waals surface area contributed by atoms with E-state index in [1.807, 2.05) is 40.0 Å². The van der Waals surface area contributed by atoms with Crippen molar-refractivity contribution in [1.29, 1.82) is 0 Å². The number of hydrogen-bond donors (Lipinski definition) is 1. The molecule has 0 saturated heterocycles. The van der Waals surface area contributed by atoms with Crippen molar-refractivity contribution < 1.29 is 0 Å². The molecule has 0 aliphatic carbocycles. The van der Waals surface area contributed by atoms with Crippen LogP contribution in [0.4, 0.5) is 0 Å². The molecular formula is C10H15N5. The predicted octanol–water partition coefficient (Wildman–Crippen LogP) is 0.887. The maximum absolute atomic E-state index is 4.40. The zero-order valence-electron chi connectivity index (χ0n) is 9.44. The first-order valence-electron chi connectivity index (χ1n) is 4.93. The van der Waals surface area contributed by atoms with Gasteiger partial charge in [-0.15, -0.1) is 10.2 Å². The van der Waals surface area contributed by atoms with Crippen LogP contribution in [0.5, 0.6) is 0 Å². The molecule has 5 heteroatoms. The summed E-state index contributed by atoms with van der Waals surface area (Å²) < 4.78 is 1.78. The molecule has 0 bridgehead atoms. The van der Waals surface area contributed by atoms with E-state index in [9.17, 15) is 0 Å². The van der Waals surface area contributed by atoms with Crippen LogP contribution >= 0.6 is 0 Å². The van der Waals surface area contributed by atoms with Gasteiger partial charge in [0.05, 0.1) is 11.2 Å². The predicted molar refractivity (Wildman–Crippen MR) is 57.6 cm³/mol. The van der Waals surface area contributed by atoms with E-state index in [0.29, 0.717) is 0 Å². The lowest BCUT2D eigenvalue weighted by atomic mass is 10.1. The minimum atomic E-state index is -0.236. The second-order valence-electron chi connectivity index (χ2n) is 4.14. The number of aryl methyl sites for hydroxylation is 1. The van der Waals surface area contributed by atoms with Crippen molar-refractivity contribution in [3.05, 3.63) is 23.7 Å². The highest BCUT2D eigenvalue weighted by Gasteiger charge is 2.24. The number of fused-ring (bicyclic) bond motifs is 1. The first-order chi connectivity index (χ1) is 7.04. The van der Waals surface area contributed by atoms with Crippen molar-refractivity contribution in [2.45, 2.75) is 26.3 Å². The monoisotopic (exact) mass is 205 g/mol. The Hall–Kier alpha value is -1.49. The van der Waals surface area contributed by atoms with E-state index in [0.717, 1.165) is 17.2 Å². The zero-order chi connectivity index (χ0) is 11.1. The van der Waals surface area contributed by atoms with Gasteiger partial charge in [0, 0.05) is 0 Å². The molecule has 0 aliphatic rings. The molecule has 0 radical (unpaired) electrons. The van der Waals surface area contributed by atoms with Crippen molar-refractivity contribution in [3.63, 3.8) is 0 Å². The minimum Gasteiger partial charge on any atom is -0.308 e. The second-order valence-corrected chi connectivity index (χ2v) is 4.14. The summed E-state index contributed by atoms with van der Waals surface area (Å²) >= 11 is 0. The van der Waals surface area contributed by atoms with Gasteiger partial charge in [-0.2, -0.15) is 9.61 Å². The van der Waals surface area contributed by atoms with E-state index in [-0.39, 0.29) is 5.54 Å². The van der Waals surface area contributed by atoms with Gasteiger partial charge in [-0.1, -0.05) is 0 Å². The van der Waals surface area contributed by atoms with Crippen LogP contribution in [-0.2, 0) is 5.54 Å². The summed E-state index contributed by atoms with van der Waals surface area (Å²) in [6, 6.07) is 3.85. The van der Waals surface area contributed by atoms with Crippen LogP contribution in [0.2, 0.25) is 0 Å². The Bertz CT molecular complexity index is 486. The number of nitrogens with zero attached hydrogens (tertiary/aromatic N) is 4. The molecular weight excluding hydrogens is 190 g/mol. The molecule has 2 rings (SSSR count). The fourth-order valence-corrected chi connectivity index (χ4v) is 1.38. The Labute approximate surface area is 88.5 Å². The second kappa shape index (κ2) is 3.27. The SMILES string of the molecule is CNC(C)(C)c1nnc2ccc(C)nn12. The molecule has 80 valence electrons. The van der Waals surface area contributed by atoms with E-state index in [1.54, 1.807) is 4.52 Å². The standard InChI is InChI=1S/C10H15N5/c1-7-5-6-8-12-13-9(15(8)14-7)10(2,3)11-4/h5-6,11H,1-4H3. The van der Waals surface area contributed by atoms with Gasteiger partial charge in [-0.25, -0.2) is 0 Å². The molecule has 1 N–H and O–H groups in total. The van der Waals surface area contributed by atoms with Crippen LogP contribution < -0.4 is 5.32 Å². The van der Waals surface area contributed by atoms with Crippen LogP contribution in [0.25, 0.3) is 5.65 Å². The Balaban J connectivity index is 2.67. The van der Waals surface area contributed by atoms with Gasteiger partial charge >= 0.3 is 0 Å². The van der Waals surface area contributed by atoms with E-state index >= 15 is 0 Å². The van der Waals surface area contributed by atoms with E-state index < -0.39 is 0 Å². The van der Waals surface area contributed by atoms with Crippen LogP contribution in [0.1, 0.15) is 25.4 Å². The molecule has 2 heterocycles. The molecule has 2 aromatic rings. The minimum absolute atomic E-state index is 0.236. The zero-order valence-corrected chi connectivity index (χ0v) is 9.44. The third-order valence-corrected chi connectivity index (χ3v) is 2.58. The summed E-state index contributed by atoms with van der Waals surface area (Å²) in [4.78, 5) is 0. The lowest BCUT2D eigenvalue weighted by Gasteiger charge is -2.20. The third kappa shape index (κ3) is 1.59. The van der Waals surface area contributed by atoms with Gasteiger partial charge in [0.1, 0.15) is 0 Å². The third-order valence-electron chi connectivity index (χ3n) is 2.58. The van der Waals surface area contributed by atoms with Crippen molar-refractivity contribution in [1.82, 2.24) is 25.1 Å². The average Bonchev–Trinajstić information content (AvgIpc) is 2.61. The molecule has 0 fully saturated rings. The maximum atomic E-state index is 4.40. The first kappa shape index (κ1) is 10.0. The van der Waals surface area contributed by atoms with Gasteiger partial charge < -0.3 is 5.32 Å². The summed E-state index contributed by atoms with van der Waals surface area (Å²) in [7, 11) is 1.90. The van der Waals surface area contributed by atoms with Crippen molar-refractivity contribution >= 4 is 5.65 Å². The van der Waals surface area contributed by atoms with E-state index in [4.69, 9.17) is 0 Å². The Morgan fingerprint density at radius 1 is 1.27 bits per heavy atom. The fourth-order valence-electron chi connectivity index (χ4n) is 1.38. The van der Waals surface area contributed by atoms with E-state index in [1.165, 1.54) is 0 Å². The number of nitrogens with one attached hydrogen (secondary N) is 1. The van der Waals surface area contributed by atoms with Crippen LogP contribution in [-0.4, -0.2) is 26.9 Å². The smallest absolute Gasteiger partial charge is 0.177 e. The Morgan fingerprint density at radius 3 is 2.67 bits per heavy atom. The Morgan fingerprint density at radius 2 is 2.00 bits per heavy atom. The topological polar surface area (TPSA) is 55.1 Å². The van der Waals surface area contributed by atoms with Crippen molar-refractivity contribution in [3.8, 4) is 0 Å². The van der Waals surface area contributed by atoms with Gasteiger partial charge in [0.25, 0.3) is 0 Å². The molecule has 0 aliphatic heterocycles. The molecule has 0 unspecified atom stereocenters. The highest BCUT2D eigenvalue weighted by atomic mass is 15.4. The van der Waals surface area contributed by atoms with Gasteiger partial charge in [-0.05, 0) is 40.0 Å². The van der Waals surface area contributed by atoms with Crippen LogP contribution in [0.15, 0.2) is 12.1 Å². The van der Waals surface area contributed by atoms with Gasteiger partial charge in [0.2, 0.25) is 0 Å². The van der Waals surface area contributed by atoms with Gasteiger partial charge in [0.15, 0.2) is 11.5 Å². The summed E-state index contributed by atoms with van der Waals surface area (Å²) in [5.41, 5.74) is 1.50. The number of hydrogen-bond acceptors (Lipinski definition) is 4. The molecule has 5 nitrogen and oxygen atoms in total. The van der Waals surface area contributed by atoms with Crippen molar-refractivity contribution in [2.24, 2.45) is 0 Å². The lowest BCUT2D eigenvalue weighted by molar-refractivity contribution is 0.406. The van der Waals surface area contributed by atoms with Crippen molar-refractivity contribution in [2.75, 3.05) is 7.05 Å². The molecule has 0 atom stereocenters. The van der Waals surface area contributed by atoms with E-state index in [2.05, 4.69) is 20.6 Å². The van der Waals surface area contributed by atoms with Crippen LogP contribution in [0.3, 0.4) is 0 Å². The molecule has 0 saturated carbocycles. The molecule has 0 spiro atoms. The largest absolute Gasteiger partial charge is 0.308 e. The lowest BCUT2D eigenvalue weighted by Crippen LogP contribution is -2.35. The summed E-state index contributed by atoms with van der Waals surface area (Å²) in [6.07, 6.45) is 0. The highest BCUT2D eigenvalue weighted by molar-refractivity contribution is 5.37. The van der Waals surface area contributed by atoms with Crippen LogP contribution in [0, 0.1) is 6.92 Å². The number of rotatable bonds is 2. The summed E-state index contributed by atoms with van der Waals surface area (Å²) in [6.45, 7) is 6.05. The maximum Gasteiger partial charge on any atom is 0.177 e. The number of aromatic nitrogens is 4. The quantitative estimate of drug-likeness (QED) is 0.791.